The molecule has 0 saturated heterocycles. The number of aliphatic imine (C=N–C) groups is 1. The number of aromatic nitrogens is 3. The van der Waals surface area contributed by atoms with Gasteiger partial charge < -0.3 is 5.32 Å². The highest BCUT2D eigenvalue weighted by Gasteiger charge is 2.20. The Hall–Kier alpha value is -3.93. The van der Waals surface area contributed by atoms with Gasteiger partial charge in [-0.3, -0.25) is 9.98 Å². The number of aryl methyl sites for hydroxylation is 1. The van der Waals surface area contributed by atoms with Crippen molar-refractivity contribution in [2.75, 3.05) is 5.32 Å². The number of anilines is 1. The molecular weight excluding hydrogens is 401 g/mol. The SMILES string of the molecule is Cc1cc(-c2ccc(CNc3ncnc(C4=CCC5C=NC=CC5=C4)c3F)cc2)ccn1. The summed E-state index contributed by atoms with van der Waals surface area (Å²) in [6, 6.07) is 12.2. The number of pyridine rings is 1. The number of fused-ring (bicyclic) bond motifs is 1. The fourth-order valence-electron chi connectivity index (χ4n) is 3.92. The molecule has 32 heavy (non-hydrogen) atoms. The van der Waals surface area contributed by atoms with Crippen molar-refractivity contribution in [1.82, 2.24) is 15.0 Å². The number of allylic oxidation sites excluding steroid dienone is 5. The standard InChI is InChI=1S/C26H22FN5/c1-17-12-20(9-11-29-17)19-4-2-18(3-5-19)14-30-26-24(27)25(31-16-32-26)22-6-7-23-15-28-10-8-21(23)13-22/h2-6,8-13,15-16,23H,7,14H2,1H3,(H,30,31,32). The van der Waals surface area contributed by atoms with E-state index in [2.05, 4.69) is 43.5 Å². The van der Waals surface area contributed by atoms with Crippen LogP contribution in [0, 0.1) is 18.7 Å². The summed E-state index contributed by atoms with van der Waals surface area (Å²) in [5.41, 5.74) is 6.47. The van der Waals surface area contributed by atoms with Crippen molar-refractivity contribution < 1.29 is 4.39 Å². The highest BCUT2D eigenvalue weighted by atomic mass is 19.1. The van der Waals surface area contributed by atoms with Crippen LogP contribution in [-0.2, 0) is 6.54 Å². The second-order valence-electron chi connectivity index (χ2n) is 7.88. The zero-order valence-corrected chi connectivity index (χ0v) is 17.7. The van der Waals surface area contributed by atoms with Gasteiger partial charge in [0.05, 0.1) is 0 Å². The number of hydrogen-bond acceptors (Lipinski definition) is 5. The lowest BCUT2D eigenvalue weighted by Gasteiger charge is -2.20. The molecule has 1 aliphatic heterocycles. The third-order valence-corrected chi connectivity index (χ3v) is 5.67. The molecule has 1 N–H and O–H groups in total. The van der Waals surface area contributed by atoms with Crippen molar-refractivity contribution in [3.8, 4) is 11.1 Å². The minimum atomic E-state index is -0.439. The van der Waals surface area contributed by atoms with E-state index in [0.717, 1.165) is 40.0 Å². The average Bonchev–Trinajstić information content (AvgIpc) is 2.83. The van der Waals surface area contributed by atoms with Gasteiger partial charge in [-0.15, -0.1) is 0 Å². The first-order valence-corrected chi connectivity index (χ1v) is 10.6. The van der Waals surface area contributed by atoms with E-state index in [0.29, 0.717) is 12.2 Å². The lowest BCUT2D eigenvalue weighted by Crippen LogP contribution is -2.11. The van der Waals surface area contributed by atoms with Crippen molar-refractivity contribution in [2.24, 2.45) is 10.9 Å². The molecule has 0 fully saturated rings. The molecule has 6 heteroatoms. The van der Waals surface area contributed by atoms with Crippen LogP contribution in [0.3, 0.4) is 0 Å². The van der Waals surface area contributed by atoms with Crippen molar-refractivity contribution >= 4 is 17.6 Å². The van der Waals surface area contributed by atoms with E-state index in [4.69, 9.17) is 0 Å². The normalized spacial score (nSPS) is 16.9. The molecule has 2 aromatic heterocycles. The fraction of sp³-hybridized carbons (Fsp3) is 0.154. The highest BCUT2D eigenvalue weighted by Crippen LogP contribution is 2.32. The number of rotatable bonds is 5. The van der Waals surface area contributed by atoms with E-state index >= 15 is 4.39 Å². The van der Waals surface area contributed by atoms with Crippen LogP contribution < -0.4 is 5.32 Å². The number of nitrogens with zero attached hydrogens (tertiary/aromatic N) is 4. The number of halogens is 1. The molecule has 0 amide bonds. The predicted octanol–water partition coefficient (Wildman–Crippen LogP) is 5.53. The molecule has 0 radical (unpaired) electrons. The van der Waals surface area contributed by atoms with Gasteiger partial charge in [0.15, 0.2) is 11.6 Å². The van der Waals surface area contributed by atoms with Crippen LogP contribution in [0.25, 0.3) is 16.7 Å². The molecular formula is C26H22FN5. The third kappa shape index (κ3) is 4.12. The van der Waals surface area contributed by atoms with Gasteiger partial charge in [-0.2, -0.15) is 0 Å². The highest BCUT2D eigenvalue weighted by molar-refractivity contribution is 5.81. The zero-order chi connectivity index (χ0) is 21.9. The van der Waals surface area contributed by atoms with Crippen molar-refractivity contribution in [1.29, 1.82) is 0 Å². The van der Waals surface area contributed by atoms with E-state index in [-0.39, 0.29) is 11.7 Å². The maximum Gasteiger partial charge on any atom is 0.191 e. The Bertz CT molecular complexity index is 1270. The van der Waals surface area contributed by atoms with Gasteiger partial charge in [0, 0.05) is 36.8 Å². The van der Waals surface area contributed by atoms with E-state index in [1.807, 2.05) is 55.8 Å². The molecule has 158 valence electrons. The molecule has 5 nitrogen and oxygen atoms in total. The Kier molecular flexibility index (Phi) is 5.42. The fourth-order valence-corrected chi connectivity index (χ4v) is 3.92. The molecule has 1 atom stereocenters. The summed E-state index contributed by atoms with van der Waals surface area (Å²) < 4.78 is 15.2. The topological polar surface area (TPSA) is 63.1 Å². The largest absolute Gasteiger partial charge is 0.363 e. The van der Waals surface area contributed by atoms with E-state index in [9.17, 15) is 0 Å². The molecule has 2 aliphatic rings. The maximum absolute atomic E-state index is 15.2. The van der Waals surface area contributed by atoms with Gasteiger partial charge in [0.25, 0.3) is 0 Å². The summed E-state index contributed by atoms with van der Waals surface area (Å²) in [6.07, 6.45) is 13.6. The predicted molar refractivity (Wildman–Crippen MR) is 126 cm³/mol. The number of hydrogen-bond donors (Lipinski definition) is 1. The van der Waals surface area contributed by atoms with E-state index in [1.165, 1.54) is 6.33 Å². The minimum Gasteiger partial charge on any atom is -0.363 e. The molecule has 1 aromatic carbocycles. The molecule has 3 aromatic rings. The molecule has 0 saturated carbocycles. The van der Waals surface area contributed by atoms with Crippen LogP contribution in [0.15, 0.2) is 83.9 Å². The van der Waals surface area contributed by atoms with Crippen LogP contribution in [-0.4, -0.2) is 21.2 Å². The summed E-state index contributed by atoms with van der Waals surface area (Å²) in [7, 11) is 0. The number of nitrogens with one attached hydrogen (secondary N) is 1. The average molecular weight is 423 g/mol. The first-order chi connectivity index (χ1) is 15.7. The first kappa shape index (κ1) is 20.0. The van der Waals surface area contributed by atoms with Gasteiger partial charge in [-0.1, -0.05) is 30.3 Å². The van der Waals surface area contributed by atoms with Crippen LogP contribution in [0.5, 0.6) is 0 Å². The Morgan fingerprint density at radius 1 is 1.06 bits per heavy atom. The summed E-state index contributed by atoms with van der Waals surface area (Å²) in [6.45, 7) is 2.44. The molecule has 1 aliphatic carbocycles. The molecule has 1 unspecified atom stereocenters. The second kappa shape index (κ2) is 8.67. The quantitative estimate of drug-likeness (QED) is 0.586. The van der Waals surface area contributed by atoms with E-state index < -0.39 is 5.82 Å². The van der Waals surface area contributed by atoms with Crippen molar-refractivity contribution in [2.45, 2.75) is 19.9 Å². The molecule has 0 spiro atoms. The Morgan fingerprint density at radius 2 is 1.94 bits per heavy atom. The third-order valence-electron chi connectivity index (χ3n) is 5.67. The van der Waals surface area contributed by atoms with Crippen LogP contribution >= 0.6 is 0 Å². The van der Waals surface area contributed by atoms with Crippen LogP contribution in [0.2, 0.25) is 0 Å². The van der Waals surface area contributed by atoms with Crippen molar-refractivity contribution in [3.63, 3.8) is 0 Å². The Labute approximate surface area is 186 Å². The summed E-state index contributed by atoms with van der Waals surface area (Å²) in [5.74, 6) is 0.0164. The van der Waals surface area contributed by atoms with Gasteiger partial charge in [-0.05, 0) is 65.5 Å². The monoisotopic (exact) mass is 423 g/mol. The smallest absolute Gasteiger partial charge is 0.191 e. The van der Waals surface area contributed by atoms with Gasteiger partial charge in [0.2, 0.25) is 0 Å². The summed E-state index contributed by atoms with van der Waals surface area (Å²) in [5, 5.41) is 3.11. The lowest BCUT2D eigenvalue weighted by molar-refractivity contribution is 0.611. The Morgan fingerprint density at radius 3 is 2.78 bits per heavy atom. The minimum absolute atomic E-state index is 0.200. The van der Waals surface area contributed by atoms with E-state index in [1.54, 1.807) is 6.20 Å². The van der Waals surface area contributed by atoms with Gasteiger partial charge >= 0.3 is 0 Å². The second-order valence-corrected chi connectivity index (χ2v) is 7.88. The number of benzene rings is 1. The van der Waals surface area contributed by atoms with Crippen molar-refractivity contribution in [3.05, 3.63) is 102 Å². The lowest BCUT2D eigenvalue weighted by atomic mass is 9.87. The Balaban J connectivity index is 1.31. The summed E-state index contributed by atoms with van der Waals surface area (Å²) >= 11 is 0. The maximum atomic E-state index is 15.2. The molecule has 0 bridgehead atoms. The van der Waals surface area contributed by atoms with Gasteiger partial charge in [0.1, 0.15) is 12.0 Å². The molecule has 3 heterocycles. The van der Waals surface area contributed by atoms with Crippen LogP contribution in [0.4, 0.5) is 10.2 Å². The molecule has 5 rings (SSSR count). The summed E-state index contributed by atoms with van der Waals surface area (Å²) in [4.78, 5) is 16.7. The first-order valence-electron chi connectivity index (χ1n) is 10.6. The zero-order valence-electron chi connectivity index (χ0n) is 17.7. The van der Waals surface area contributed by atoms with Gasteiger partial charge in [-0.25, -0.2) is 14.4 Å². The van der Waals surface area contributed by atoms with Crippen LogP contribution in [0.1, 0.15) is 23.4 Å².